The highest BCUT2D eigenvalue weighted by Crippen LogP contribution is 2.30. The molecule has 222 valence electrons. The van der Waals surface area contributed by atoms with Crippen molar-refractivity contribution in [3.8, 4) is 22.8 Å². The molecule has 0 spiro atoms. The van der Waals surface area contributed by atoms with Crippen molar-refractivity contribution in [1.82, 2.24) is 20.1 Å². The van der Waals surface area contributed by atoms with Crippen LogP contribution in [-0.2, 0) is 11.2 Å². The van der Waals surface area contributed by atoms with Gasteiger partial charge in [0.2, 0.25) is 5.91 Å². The molecular weight excluding hydrogens is 581 g/mol. The number of urea groups is 1. The van der Waals surface area contributed by atoms with E-state index in [1.54, 1.807) is 0 Å². The second-order valence-electron chi connectivity index (χ2n) is 9.48. The Bertz CT molecular complexity index is 1640. The number of thioether (sulfide) groups is 1. The van der Waals surface area contributed by atoms with Gasteiger partial charge in [-0.05, 0) is 54.3 Å². The van der Waals surface area contributed by atoms with Gasteiger partial charge in [-0.3, -0.25) is 9.69 Å². The lowest BCUT2D eigenvalue weighted by atomic mass is 10.0. The Morgan fingerprint density at radius 3 is 2.47 bits per heavy atom. The molecule has 2 heterocycles. The number of carbonyl (C=O) groups is 2. The SMILES string of the molecule is CCc1ccccc1N1C(=O)CS/C1=N\C(=O)NC(CC)c1ccc(-c2ncn(-c3ccc(OC(F)(F)F)cc3)n2)cc1. The number of alkyl halides is 3. The topological polar surface area (TPSA) is 102 Å². The maximum absolute atomic E-state index is 13.0. The first kappa shape index (κ1) is 29.8. The van der Waals surface area contributed by atoms with Crippen LogP contribution in [0.15, 0.2) is 84.1 Å². The Morgan fingerprint density at radius 2 is 1.79 bits per heavy atom. The zero-order valence-corrected chi connectivity index (χ0v) is 24.0. The first-order valence-electron chi connectivity index (χ1n) is 13.5. The summed E-state index contributed by atoms with van der Waals surface area (Å²) in [6.45, 7) is 3.95. The zero-order chi connectivity index (χ0) is 30.6. The van der Waals surface area contributed by atoms with Crippen molar-refractivity contribution in [2.24, 2.45) is 4.99 Å². The summed E-state index contributed by atoms with van der Waals surface area (Å²) in [4.78, 5) is 35.7. The van der Waals surface area contributed by atoms with E-state index in [9.17, 15) is 22.8 Å². The molecule has 13 heteroatoms. The Labute approximate surface area is 249 Å². The molecule has 1 fully saturated rings. The molecule has 9 nitrogen and oxygen atoms in total. The van der Waals surface area contributed by atoms with Gasteiger partial charge in [-0.15, -0.1) is 18.3 Å². The average molecular weight is 609 g/mol. The predicted octanol–water partition coefficient (Wildman–Crippen LogP) is 6.69. The van der Waals surface area contributed by atoms with E-state index in [0.29, 0.717) is 28.7 Å². The lowest BCUT2D eigenvalue weighted by Crippen LogP contribution is -2.32. The number of anilines is 1. The van der Waals surface area contributed by atoms with E-state index in [2.05, 4.69) is 25.1 Å². The van der Waals surface area contributed by atoms with E-state index in [1.165, 1.54) is 51.9 Å². The molecule has 0 bridgehead atoms. The van der Waals surface area contributed by atoms with Crippen molar-refractivity contribution in [2.75, 3.05) is 10.7 Å². The molecule has 1 aliphatic heterocycles. The summed E-state index contributed by atoms with van der Waals surface area (Å²) in [5.41, 5.74) is 3.80. The Kier molecular flexibility index (Phi) is 8.81. The van der Waals surface area contributed by atoms with Crippen LogP contribution in [0.4, 0.5) is 23.7 Å². The summed E-state index contributed by atoms with van der Waals surface area (Å²) < 4.78 is 42.6. The summed E-state index contributed by atoms with van der Waals surface area (Å²) >= 11 is 1.23. The molecular formula is C30H27F3N6O3S. The fraction of sp³-hybridized carbons (Fsp3) is 0.233. The number of hydrogen-bond donors (Lipinski definition) is 1. The highest BCUT2D eigenvalue weighted by Gasteiger charge is 2.32. The first-order chi connectivity index (χ1) is 20.6. The minimum absolute atomic E-state index is 0.122. The molecule has 5 rings (SSSR count). The smallest absolute Gasteiger partial charge is 0.406 e. The van der Waals surface area contributed by atoms with Crippen LogP contribution in [0.5, 0.6) is 5.75 Å². The van der Waals surface area contributed by atoms with Gasteiger partial charge in [0, 0.05) is 5.56 Å². The van der Waals surface area contributed by atoms with Crippen molar-refractivity contribution in [3.63, 3.8) is 0 Å². The Balaban J connectivity index is 1.26. The van der Waals surface area contributed by atoms with Crippen molar-refractivity contribution in [1.29, 1.82) is 0 Å². The number of nitrogens with zero attached hydrogens (tertiary/aromatic N) is 5. The minimum Gasteiger partial charge on any atom is -0.406 e. The number of hydrogen-bond acceptors (Lipinski definition) is 6. The maximum Gasteiger partial charge on any atom is 0.573 e. The summed E-state index contributed by atoms with van der Waals surface area (Å²) in [5.74, 6) is 0.181. The number of ether oxygens (including phenoxy) is 1. The van der Waals surface area contributed by atoms with Crippen LogP contribution in [0.25, 0.3) is 17.1 Å². The van der Waals surface area contributed by atoms with Gasteiger partial charge in [0.25, 0.3) is 0 Å². The van der Waals surface area contributed by atoms with Gasteiger partial charge in [-0.25, -0.2) is 14.5 Å². The van der Waals surface area contributed by atoms with Crippen LogP contribution in [0.3, 0.4) is 0 Å². The van der Waals surface area contributed by atoms with Crippen LogP contribution < -0.4 is 15.0 Å². The van der Waals surface area contributed by atoms with Gasteiger partial charge in [0.1, 0.15) is 12.1 Å². The Morgan fingerprint density at radius 1 is 1.07 bits per heavy atom. The highest BCUT2D eigenvalue weighted by molar-refractivity contribution is 8.15. The summed E-state index contributed by atoms with van der Waals surface area (Å²) in [5, 5.41) is 7.71. The molecule has 1 saturated heterocycles. The van der Waals surface area contributed by atoms with Crippen LogP contribution in [0, 0.1) is 0 Å². The lowest BCUT2D eigenvalue weighted by Gasteiger charge is -2.20. The number of aromatic nitrogens is 3. The number of carbonyl (C=O) groups excluding carboxylic acids is 2. The van der Waals surface area contributed by atoms with Crippen molar-refractivity contribution in [3.05, 3.63) is 90.3 Å². The number of amides is 3. The van der Waals surface area contributed by atoms with Crippen molar-refractivity contribution < 1.29 is 27.5 Å². The normalized spacial score (nSPS) is 15.1. The van der Waals surface area contributed by atoms with E-state index in [-0.39, 0.29) is 23.5 Å². The lowest BCUT2D eigenvalue weighted by molar-refractivity contribution is -0.274. The average Bonchev–Trinajstić information content (AvgIpc) is 3.62. The molecule has 3 aromatic carbocycles. The molecule has 1 aromatic heterocycles. The number of para-hydroxylation sites is 1. The van der Waals surface area contributed by atoms with E-state index >= 15 is 0 Å². The van der Waals surface area contributed by atoms with Crippen LogP contribution in [-0.4, -0.2) is 44.0 Å². The van der Waals surface area contributed by atoms with Crippen LogP contribution >= 0.6 is 11.8 Å². The second kappa shape index (κ2) is 12.7. The number of halogens is 3. The highest BCUT2D eigenvalue weighted by atomic mass is 32.2. The number of aryl methyl sites for hydroxylation is 1. The largest absolute Gasteiger partial charge is 0.573 e. The molecule has 0 radical (unpaired) electrons. The molecule has 1 atom stereocenters. The number of benzene rings is 3. The van der Waals surface area contributed by atoms with Crippen LogP contribution in [0.1, 0.15) is 37.4 Å². The molecule has 0 saturated carbocycles. The molecule has 3 amide bonds. The van der Waals surface area contributed by atoms with Crippen LogP contribution in [0.2, 0.25) is 0 Å². The third-order valence-electron chi connectivity index (χ3n) is 6.68. The molecule has 1 N–H and O–H groups in total. The summed E-state index contributed by atoms with van der Waals surface area (Å²) in [6.07, 6.45) is -1.96. The van der Waals surface area contributed by atoms with Crippen molar-refractivity contribution in [2.45, 2.75) is 39.1 Å². The number of rotatable bonds is 8. The predicted molar refractivity (Wildman–Crippen MR) is 158 cm³/mol. The molecule has 0 aliphatic carbocycles. The quantitative estimate of drug-likeness (QED) is 0.239. The maximum atomic E-state index is 13.0. The molecule has 1 aliphatic rings. The molecule has 1 unspecified atom stereocenters. The van der Waals surface area contributed by atoms with E-state index < -0.39 is 12.4 Å². The first-order valence-corrected chi connectivity index (χ1v) is 14.4. The molecule has 43 heavy (non-hydrogen) atoms. The van der Waals surface area contributed by atoms with Gasteiger partial charge in [0.15, 0.2) is 11.0 Å². The second-order valence-corrected chi connectivity index (χ2v) is 10.4. The third-order valence-corrected chi connectivity index (χ3v) is 7.60. The van der Waals surface area contributed by atoms with E-state index in [4.69, 9.17) is 0 Å². The number of aliphatic imine (C=N–C) groups is 1. The fourth-order valence-corrected chi connectivity index (χ4v) is 5.44. The Hall–Kier alpha value is -4.65. The number of amidine groups is 1. The van der Waals surface area contributed by atoms with E-state index in [0.717, 1.165) is 23.2 Å². The van der Waals surface area contributed by atoms with Gasteiger partial charge in [-0.1, -0.05) is 68.1 Å². The van der Waals surface area contributed by atoms with Gasteiger partial charge in [0.05, 0.1) is 23.2 Å². The zero-order valence-electron chi connectivity index (χ0n) is 23.2. The third kappa shape index (κ3) is 7.05. The van der Waals surface area contributed by atoms with Gasteiger partial charge >= 0.3 is 12.4 Å². The van der Waals surface area contributed by atoms with Crippen molar-refractivity contribution >= 4 is 34.6 Å². The van der Waals surface area contributed by atoms with Gasteiger partial charge in [-0.2, -0.15) is 4.99 Å². The standard InChI is InChI=1S/C30H27F3N6O3S/c1-3-19-7-5-6-8-25(19)39-26(40)17-43-29(39)36-28(41)35-24(4-2)20-9-11-21(12-10-20)27-34-18-38(37-27)22-13-15-23(16-14-22)42-30(31,32)33/h5-16,18,24H,3-4,17H2,1-2H3,(H,35,41)/b36-29-. The van der Waals surface area contributed by atoms with Gasteiger partial charge < -0.3 is 10.1 Å². The van der Waals surface area contributed by atoms with E-state index in [1.807, 2.05) is 62.4 Å². The summed E-state index contributed by atoms with van der Waals surface area (Å²) in [7, 11) is 0. The molecule has 4 aromatic rings. The fourth-order valence-electron chi connectivity index (χ4n) is 4.58. The monoisotopic (exact) mass is 608 g/mol. The number of nitrogens with one attached hydrogen (secondary N) is 1. The summed E-state index contributed by atoms with van der Waals surface area (Å²) in [6, 6.07) is 19.4. The minimum atomic E-state index is -4.76.